The van der Waals surface area contributed by atoms with Gasteiger partial charge in [0.05, 0.1) is 18.4 Å². The van der Waals surface area contributed by atoms with Gasteiger partial charge in [0.1, 0.15) is 4.60 Å². The Morgan fingerprint density at radius 3 is 3.06 bits per heavy atom. The van der Waals surface area contributed by atoms with E-state index in [0.29, 0.717) is 22.6 Å². The largest absolute Gasteiger partial charge is 0.462 e. The van der Waals surface area contributed by atoms with Crippen LogP contribution < -0.4 is 0 Å². The highest BCUT2D eigenvalue weighted by molar-refractivity contribution is 9.10. The van der Waals surface area contributed by atoms with E-state index in [4.69, 9.17) is 4.74 Å². The summed E-state index contributed by atoms with van der Waals surface area (Å²) >= 11 is 3.28. The molecule has 0 aliphatic carbocycles. The average Bonchev–Trinajstić information content (AvgIpc) is 2.78. The van der Waals surface area contributed by atoms with E-state index in [2.05, 4.69) is 26.0 Å². The molecule has 0 aromatic carbocycles. The van der Waals surface area contributed by atoms with Gasteiger partial charge < -0.3 is 4.74 Å². The van der Waals surface area contributed by atoms with Crippen molar-refractivity contribution in [2.75, 3.05) is 6.61 Å². The number of hydrogen-bond donors (Lipinski definition) is 0. The number of aromatic nitrogens is 3. The molecule has 0 saturated heterocycles. The third-order valence-electron chi connectivity index (χ3n) is 2.03. The second kappa shape index (κ2) is 5.09. The molecule has 2 aromatic heterocycles. The van der Waals surface area contributed by atoms with Crippen LogP contribution in [0.5, 0.6) is 0 Å². The Morgan fingerprint density at radius 2 is 2.35 bits per heavy atom. The maximum absolute atomic E-state index is 11.5. The number of ether oxygens (including phenoxy) is 1. The van der Waals surface area contributed by atoms with Crippen LogP contribution in [0.4, 0.5) is 0 Å². The summed E-state index contributed by atoms with van der Waals surface area (Å²) in [5.74, 6) is 0.253. The van der Waals surface area contributed by atoms with Crippen LogP contribution in [0.15, 0.2) is 35.2 Å². The van der Waals surface area contributed by atoms with Gasteiger partial charge in [-0.05, 0) is 35.0 Å². The molecular weight excluding hydrogens is 286 g/mol. The SMILES string of the molecule is CCOC(=O)c1cnn(-c2cccc(Br)n2)c1. The molecule has 0 aliphatic rings. The van der Waals surface area contributed by atoms with Crippen molar-refractivity contribution in [2.45, 2.75) is 6.92 Å². The molecule has 0 N–H and O–H groups in total. The predicted octanol–water partition coefficient (Wildman–Crippen LogP) is 2.21. The van der Waals surface area contributed by atoms with Crippen LogP contribution in [0.2, 0.25) is 0 Å². The number of halogens is 1. The second-order valence-corrected chi connectivity index (χ2v) is 4.03. The molecule has 0 saturated carbocycles. The van der Waals surface area contributed by atoms with Crippen molar-refractivity contribution >= 4 is 21.9 Å². The second-order valence-electron chi connectivity index (χ2n) is 3.21. The molecule has 2 rings (SSSR count). The lowest BCUT2D eigenvalue weighted by atomic mass is 10.4. The zero-order valence-electron chi connectivity index (χ0n) is 9.13. The van der Waals surface area contributed by atoms with Crippen LogP contribution in [0.25, 0.3) is 5.82 Å². The monoisotopic (exact) mass is 295 g/mol. The lowest BCUT2D eigenvalue weighted by Crippen LogP contribution is -2.03. The molecule has 0 fully saturated rings. The van der Waals surface area contributed by atoms with E-state index in [1.54, 1.807) is 19.2 Å². The third-order valence-corrected chi connectivity index (χ3v) is 2.47. The van der Waals surface area contributed by atoms with Gasteiger partial charge in [0.2, 0.25) is 0 Å². The molecule has 0 aliphatic heterocycles. The average molecular weight is 296 g/mol. The summed E-state index contributed by atoms with van der Waals surface area (Å²) in [6.07, 6.45) is 3.05. The summed E-state index contributed by atoms with van der Waals surface area (Å²) < 4.78 is 7.12. The summed E-state index contributed by atoms with van der Waals surface area (Å²) in [4.78, 5) is 15.7. The van der Waals surface area contributed by atoms with Gasteiger partial charge in [-0.2, -0.15) is 5.10 Å². The molecule has 2 heterocycles. The van der Waals surface area contributed by atoms with Crippen LogP contribution in [0.3, 0.4) is 0 Å². The number of nitrogens with zero attached hydrogens (tertiary/aromatic N) is 3. The van der Waals surface area contributed by atoms with E-state index in [9.17, 15) is 4.79 Å². The number of esters is 1. The van der Waals surface area contributed by atoms with Gasteiger partial charge in [-0.3, -0.25) is 0 Å². The van der Waals surface area contributed by atoms with Gasteiger partial charge in [-0.15, -0.1) is 0 Å². The van der Waals surface area contributed by atoms with E-state index >= 15 is 0 Å². The lowest BCUT2D eigenvalue weighted by molar-refractivity contribution is 0.0526. The van der Waals surface area contributed by atoms with E-state index in [0.717, 1.165) is 0 Å². The molecule has 17 heavy (non-hydrogen) atoms. The fourth-order valence-electron chi connectivity index (χ4n) is 1.29. The molecule has 5 nitrogen and oxygen atoms in total. The molecule has 0 radical (unpaired) electrons. The fourth-order valence-corrected chi connectivity index (χ4v) is 1.63. The summed E-state index contributed by atoms with van der Waals surface area (Å²) in [5.41, 5.74) is 0.411. The molecule has 0 bridgehead atoms. The molecular formula is C11H10BrN3O2. The Morgan fingerprint density at radius 1 is 1.53 bits per heavy atom. The maximum atomic E-state index is 11.5. The quantitative estimate of drug-likeness (QED) is 0.643. The van der Waals surface area contributed by atoms with Crippen molar-refractivity contribution in [1.82, 2.24) is 14.8 Å². The number of hydrogen-bond acceptors (Lipinski definition) is 4. The summed E-state index contributed by atoms with van der Waals surface area (Å²) in [6.45, 7) is 2.11. The molecule has 0 unspecified atom stereocenters. The normalized spacial score (nSPS) is 10.2. The first-order valence-electron chi connectivity index (χ1n) is 5.05. The van der Waals surface area contributed by atoms with E-state index in [-0.39, 0.29) is 5.97 Å². The minimum Gasteiger partial charge on any atom is -0.462 e. The zero-order valence-corrected chi connectivity index (χ0v) is 10.7. The zero-order chi connectivity index (χ0) is 12.3. The highest BCUT2D eigenvalue weighted by atomic mass is 79.9. The van der Waals surface area contributed by atoms with Crippen LogP contribution in [-0.2, 0) is 4.74 Å². The van der Waals surface area contributed by atoms with E-state index in [1.807, 2.05) is 12.1 Å². The smallest absolute Gasteiger partial charge is 0.341 e. The predicted molar refractivity (Wildman–Crippen MR) is 65.0 cm³/mol. The molecule has 2 aromatic rings. The van der Waals surface area contributed by atoms with Crippen LogP contribution >= 0.6 is 15.9 Å². The highest BCUT2D eigenvalue weighted by Gasteiger charge is 2.10. The van der Waals surface area contributed by atoms with Gasteiger partial charge in [-0.25, -0.2) is 14.5 Å². The van der Waals surface area contributed by atoms with Crippen molar-refractivity contribution in [2.24, 2.45) is 0 Å². The third kappa shape index (κ3) is 2.71. The van der Waals surface area contributed by atoms with Crippen LogP contribution in [0.1, 0.15) is 17.3 Å². The van der Waals surface area contributed by atoms with Crippen molar-refractivity contribution in [3.05, 3.63) is 40.8 Å². The molecule has 88 valence electrons. The fraction of sp³-hybridized carbons (Fsp3) is 0.182. The van der Waals surface area contributed by atoms with Crippen LogP contribution in [0, 0.1) is 0 Å². The van der Waals surface area contributed by atoms with Gasteiger partial charge in [0.25, 0.3) is 0 Å². The Hall–Kier alpha value is -1.69. The van der Waals surface area contributed by atoms with Crippen molar-refractivity contribution in [3.63, 3.8) is 0 Å². The Kier molecular flexibility index (Phi) is 3.53. The summed E-state index contributed by atoms with van der Waals surface area (Å²) in [7, 11) is 0. The minimum atomic E-state index is -0.381. The molecule has 0 amide bonds. The van der Waals surface area contributed by atoms with Crippen molar-refractivity contribution < 1.29 is 9.53 Å². The Balaban J connectivity index is 2.27. The number of pyridine rings is 1. The molecule has 0 atom stereocenters. The first kappa shape index (κ1) is 11.8. The Bertz CT molecular complexity index is 539. The highest BCUT2D eigenvalue weighted by Crippen LogP contribution is 2.11. The van der Waals surface area contributed by atoms with E-state index in [1.165, 1.54) is 10.9 Å². The molecule has 0 spiro atoms. The van der Waals surface area contributed by atoms with Gasteiger partial charge in [0, 0.05) is 6.20 Å². The maximum Gasteiger partial charge on any atom is 0.341 e. The number of carbonyl (C=O) groups is 1. The van der Waals surface area contributed by atoms with Gasteiger partial charge in [-0.1, -0.05) is 6.07 Å². The summed E-state index contributed by atoms with van der Waals surface area (Å²) in [5, 5.41) is 4.06. The number of rotatable bonds is 3. The molecule has 6 heteroatoms. The Labute approximate surface area is 107 Å². The number of carbonyl (C=O) groups excluding carboxylic acids is 1. The first-order chi connectivity index (χ1) is 8.20. The minimum absolute atomic E-state index is 0.346. The first-order valence-corrected chi connectivity index (χ1v) is 5.84. The topological polar surface area (TPSA) is 57.0 Å². The van der Waals surface area contributed by atoms with Gasteiger partial charge in [0.15, 0.2) is 5.82 Å². The van der Waals surface area contributed by atoms with Gasteiger partial charge >= 0.3 is 5.97 Å². The van der Waals surface area contributed by atoms with E-state index < -0.39 is 0 Å². The van der Waals surface area contributed by atoms with Crippen molar-refractivity contribution in [3.8, 4) is 5.82 Å². The summed E-state index contributed by atoms with van der Waals surface area (Å²) in [6, 6.07) is 5.46. The van der Waals surface area contributed by atoms with Crippen LogP contribution in [-0.4, -0.2) is 27.3 Å². The standard InChI is InChI=1S/C11H10BrN3O2/c1-2-17-11(16)8-6-13-15(7-8)10-5-3-4-9(12)14-10/h3-7H,2H2,1H3. The van der Waals surface area contributed by atoms with Crippen molar-refractivity contribution in [1.29, 1.82) is 0 Å². The lowest BCUT2D eigenvalue weighted by Gasteiger charge is -2.00.